The molecule has 5 rings (SSSR count). The smallest absolute Gasteiger partial charge is 0.295 e. The van der Waals surface area contributed by atoms with Gasteiger partial charge in [0.2, 0.25) is 6.79 Å². The van der Waals surface area contributed by atoms with E-state index in [4.69, 9.17) is 25.5 Å². The molecule has 2 aliphatic heterocycles. The van der Waals surface area contributed by atoms with Gasteiger partial charge in [0.1, 0.15) is 17.6 Å². The van der Waals surface area contributed by atoms with E-state index in [9.17, 15) is 14.7 Å². The van der Waals surface area contributed by atoms with Gasteiger partial charge in [-0.05, 0) is 54.4 Å². The molecule has 0 radical (unpaired) electrons. The van der Waals surface area contributed by atoms with Gasteiger partial charge in [-0.3, -0.25) is 9.59 Å². The average molecular weight is 452 g/mol. The molecule has 32 heavy (non-hydrogen) atoms. The fourth-order valence-corrected chi connectivity index (χ4v) is 4.08. The van der Waals surface area contributed by atoms with Crippen molar-refractivity contribution >= 4 is 29.1 Å². The van der Waals surface area contributed by atoms with Crippen molar-refractivity contribution in [1.82, 2.24) is 4.90 Å². The van der Waals surface area contributed by atoms with E-state index in [0.717, 1.165) is 5.56 Å². The van der Waals surface area contributed by atoms with Crippen LogP contribution < -0.4 is 9.47 Å². The SMILES string of the molecule is O=C1C(=O)N(CCc2ccc(Cl)cc2)C(c2ccco2)/C1=C(/O)c1ccc2c(c1)OCO2. The molecule has 0 spiro atoms. The average Bonchev–Trinajstić information content (AvgIpc) is 3.54. The van der Waals surface area contributed by atoms with Gasteiger partial charge in [0.15, 0.2) is 11.5 Å². The molecule has 1 fully saturated rings. The Bertz CT molecular complexity index is 1220. The molecule has 8 heteroatoms. The normalized spacial score (nSPS) is 19.0. The monoisotopic (exact) mass is 451 g/mol. The summed E-state index contributed by atoms with van der Waals surface area (Å²) in [5, 5.41) is 11.7. The lowest BCUT2D eigenvalue weighted by Gasteiger charge is -2.23. The zero-order chi connectivity index (χ0) is 22.2. The zero-order valence-electron chi connectivity index (χ0n) is 16.8. The summed E-state index contributed by atoms with van der Waals surface area (Å²) < 4.78 is 16.2. The van der Waals surface area contributed by atoms with Crippen molar-refractivity contribution in [1.29, 1.82) is 0 Å². The van der Waals surface area contributed by atoms with Crippen molar-refractivity contribution in [2.75, 3.05) is 13.3 Å². The van der Waals surface area contributed by atoms with E-state index in [-0.39, 0.29) is 24.7 Å². The van der Waals surface area contributed by atoms with Crippen LogP contribution in [-0.2, 0) is 16.0 Å². The Kier molecular flexibility index (Phi) is 5.11. The Morgan fingerprint density at radius 2 is 1.84 bits per heavy atom. The molecule has 162 valence electrons. The van der Waals surface area contributed by atoms with Gasteiger partial charge in [0.05, 0.1) is 11.8 Å². The van der Waals surface area contributed by atoms with Crippen molar-refractivity contribution in [3.05, 3.63) is 88.3 Å². The van der Waals surface area contributed by atoms with Gasteiger partial charge in [-0.25, -0.2) is 0 Å². The molecule has 3 aromatic rings. The highest BCUT2D eigenvalue weighted by Gasteiger charge is 2.47. The Morgan fingerprint density at radius 1 is 1.06 bits per heavy atom. The van der Waals surface area contributed by atoms with Crippen LogP contribution in [0, 0.1) is 0 Å². The van der Waals surface area contributed by atoms with Crippen molar-refractivity contribution in [2.24, 2.45) is 0 Å². The van der Waals surface area contributed by atoms with Crippen molar-refractivity contribution in [2.45, 2.75) is 12.5 Å². The van der Waals surface area contributed by atoms with Crippen LogP contribution in [0.2, 0.25) is 5.02 Å². The number of nitrogens with zero attached hydrogens (tertiary/aromatic N) is 1. The number of benzene rings is 2. The molecule has 1 atom stereocenters. The summed E-state index contributed by atoms with van der Waals surface area (Å²) in [6.07, 6.45) is 1.97. The molecule has 2 aromatic carbocycles. The lowest BCUT2D eigenvalue weighted by atomic mass is 9.99. The fourth-order valence-electron chi connectivity index (χ4n) is 3.95. The maximum atomic E-state index is 13.0. The molecule has 0 aliphatic carbocycles. The molecular weight excluding hydrogens is 434 g/mol. The Labute approximate surface area is 188 Å². The van der Waals surface area contributed by atoms with Crippen LogP contribution in [0.1, 0.15) is 22.9 Å². The number of furan rings is 1. The van der Waals surface area contributed by atoms with Crippen LogP contribution in [0.3, 0.4) is 0 Å². The number of fused-ring (bicyclic) bond motifs is 1. The van der Waals surface area contributed by atoms with E-state index in [1.807, 2.05) is 12.1 Å². The van der Waals surface area contributed by atoms with E-state index >= 15 is 0 Å². The third kappa shape index (κ3) is 3.50. The quantitative estimate of drug-likeness (QED) is 0.353. The summed E-state index contributed by atoms with van der Waals surface area (Å²) in [6, 6.07) is 14.6. The third-order valence-corrected chi connectivity index (χ3v) is 5.81. The van der Waals surface area contributed by atoms with Crippen molar-refractivity contribution in [3.8, 4) is 11.5 Å². The number of carbonyl (C=O) groups is 2. The molecule has 0 saturated carbocycles. The molecule has 3 heterocycles. The summed E-state index contributed by atoms with van der Waals surface area (Å²) in [6.45, 7) is 0.344. The first-order valence-electron chi connectivity index (χ1n) is 9.99. The number of hydrogen-bond acceptors (Lipinski definition) is 6. The minimum atomic E-state index is -0.845. The second kappa shape index (κ2) is 8.09. The van der Waals surface area contributed by atoms with Crippen LogP contribution in [0.5, 0.6) is 11.5 Å². The van der Waals surface area contributed by atoms with Gasteiger partial charge in [0, 0.05) is 17.1 Å². The number of amides is 1. The first-order valence-corrected chi connectivity index (χ1v) is 10.4. The third-order valence-electron chi connectivity index (χ3n) is 5.55. The van der Waals surface area contributed by atoms with Crippen LogP contribution in [0.15, 0.2) is 70.9 Å². The molecule has 7 nitrogen and oxygen atoms in total. The second-order valence-electron chi connectivity index (χ2n) is 7.45. The second-order valence-corrected chi connectivity index (χ2v) is 7.89. The highest BCUT2D eigenvalue weighted by atomic mass is 35.5. The number of halogens is 1. The highest BCUT2D eigenvalue weighted by molar-refractivity contribution is 6.46. The van der Waals surface area contributed by atoms with Gasteiger partial charge in [-0.1, -0.05) is 23.7 Å². The summed E-state index contributed by atoms with van der Waals surface area (Å²) in [7, 11) is 0. The van der Waals surface area contributed by atoms with Crippen LogP contribution in [-0.4, -0.2) is 35.0 Å². The van der Waals surface area contributed by atoms with Gasteiger partial charge in [0.25, 0.3) is 11.7 Å². The summed E-state index contributed by atoms with van der Waals surface area (Å²) >= 11 is 5.95. The Morgan fingerprint density at radius 3 is 2.59 bits per heavy atom. The van der Waals surface area contributed by atoms with E-state index in [1.54, 1.807) is 42.5 Å². The van der Waals surface area contributed by atoms with Gasteiger partial charge in [-0.15, -0.1) is 0 Å². The van der Waals surface area contributed by atoms with Crippen LogP contribution in [0.4, 0.5) is 0 Å². The maximum Gasteiger partial charge on any atom is 0.295 e. The molecule has 1 amide bonds. The summed E-state index contributed by atoms with van der Waals surface area (Å²) in [4.78, 5) is 27.4. The molecule has 0 bridgehead atoms. The Balaban J connectivity index is 1.52. The zero-order valence-corrected chi connectivity index (χ0v) is 17.5. The molecule has 1 saturated heterocycles. The number of carbonyl (C=O) groups excluding carboxylic acids is 2. The largest absolute Gasteiger partial charge is 0.507 e. The number of hydrogen-bond donors (Lipinski definition) is 1. The van der Waals surface area contributed by atoms with Crippen molar-refractivity contribution < 1.29 is 28.6 Å². The highest BCUT2D eigenvalue weighted by Crippen LogP contribution is 2.41. The van der Waals surface area contributed by atoms with Gasteiger partial charge < -0.3 is 23.9 Å². The van der Waals surface area contributed by atoms with Gasteiger partial charge in [-0.2, -0.15) is 0 Å². The predicted octanol–water partition coefficient (Wildman–Crippen LogP) is 4.33. The first-order chi connectivity index (χ1) is 15.5. The summed E-state index contributed by atoms with van der Waals surface area (Å²) in [5.74, 6) is -0.354. The van der Waals surface area contributed by atoms with E-state index in [1.165, 1.54) is 11.2 Å². The minimum Gasteiger partial charge on any atom is -0.507 e. The number of likely N-dealkylation sites (tertiary alicyclic amines) is 1. The fraction of sp³-hybridized carbons (Fsp3) is 0.167. The molecule has 1 N–H and O–H groups in total. The van der Waals surface area contributed by atoms with Gasteiger partial charge >= 0.3 is 0 Å². The number of ketones is 1. The lowest BCUT2D eigenvalue weighted by Crippen LogP contribution is -2.31. The summed E-state index contributed by atoms with van der Waals surface area (Å²) in [5.41, 5.74) is 1.28. The number of aliphatic hydroxyl groups is 1. The van der Waals surface area contributed by atoms with E-state index in [0.29, 0.717) is 34.3 Å². The predicted molar refractivity (Wildman–Crippen MR) is 115 cm³/mol. The van der Waals surface area contributed by atoms with Crippen LogP contribution >= 0.6 is 11.6 Å². The number of aliphatic hydroxyl groups excluding tert-OH is 1. The minimum absolute atomic E-state index is 0.0279. The number of Topliss-reactive ketones (excluding diaryl/α,β-unsaturated/α-hetero) is 1. The van der Waals surface area contributed by atoms with E-state index < -0.39 is 17.7 Å². The lowest BCUT2D eigenvalue weighted by molar-refractivity contribution is -0.140. The van der Waals surface area contributed by atoms with Crippen LogP contribution in [0.25, 0.3) is 5.76 Å². The topological polar surface area (TPSA) is 89.2 Å². The Hall–Kier alpha value is -3.71. The standard InChI is InChI=1S/C24H18ClNO6/c25-16-6-3-14(4-7-16)9-10-26-21(18-2-1-11-30-18)20(23(28)24(26)29)22(27)15-5-8-17-19(12-15)32-13-31-17/h1-8,11-12,21,27H,9-10,13H2/b22-20-. The van der Waals surface area contributed by atoms with E-state index in [2.05, 4.69) is 0 Å². The first kappa shape index (κ1) is 20.2. The molecule has 1 unspecified atom stereocenters. The maximum absolute atomic E-state index is 13.0. The molecule has 1 aromatic heterocycles. The van der Waals surface area contributed by atoms with Crippen molar-refractivity contribution in [3.63, 3.8) is 0 Å². The number of rotatable bonds is 5. The number of ether oxygens (including phenoxy) is 2. The molecule has 2 aliphatic rings. The molecular formula is C24H18ClNO6.